The Bertz CT molecular complexity index is 872. The SMILES string of the molecule is Cn1c(=O)ccn(CCC(C(=O)O)C(O)CCc2ccc(I)cc2)c1=O. The monoisotopic (exact) mass is 472 g/mol. The Labute approximate surface area is 164 Å². The molecule has 0 saturated heterocycles. The van der Waals surface area contributed by atoms with Crippen LogP contribution in [0, 0.1) is 9.49 Å². The predicted molar refractivity (Wildman–Crippen MR) is 105 cm³/mol. The van der Waals surface area contributed by atoms with Crippen molar-refractivity contribution >= 4 is 28.6 Å². The summed E-state index contributed by atoms with van der Waals surface area (Å²) in [5.41, 5.74) is 0.108. The van der Waals surface area contributed by atoms with Crippen molar-refractivity contribution < 1.29 is 15.0 Å². The van der Waals surface area contributed by atoms with Gasteiger partial charge in [0.1, 0.15) is 0 Å². The molecule has 1 aromatic carbocycles. The van der Waals surface area contributed by atoms with Crippen LogP contribution in [0.3, 0.4) is 0 Å². The van der Waals surface area contributed by atoms with Crippen molar-refractivity contribution in [3.8, 4) is 0 Å². The van der Waals surface area contributed by atoms with Crippen molar-refractivity contribution in [1.29, 1.82) is 0 Å². The average molecular weight is 472 g/mol. The Morgan fingerprint density at radius 3 is 2.42 bits per heavy atom. The maximum absolute atomic E-state index is 12.0. The van der Waals surface area contributed by atoms with Gasteiger partial charge in [0.15, 0.2) is 0 Å². The Kier molecular flexibility index (Phi) is 7.15. The minimum atomic E-state index is -1.10. The molecule has 2 unspecified atom stereocenters. The van der Waals surface area contributed by atoms with Crippen molar-refractivity contribution in [2.24, 2.45) is 13.0 Å². The molecule has 1 heterocycles. The first-order chi connectivity index (χ1) is 12.3. The maximum Gasteiger partial charge on any atom is 0.330 e. The van der Waals surface area contributed by atoms with Crippen LogP contribution in [0.2, 0.25) is 0 Å². The molecule has 2 aromatic rings. The molecule has 0 spiro atoms. The van der Waals surface area contributed by atoms with E-state index in [9.17, 15) is 24.6 Å². The number of hydrogen-bond donors (Lipinski definition) is 2. The lowest BCUT2D eigenvalue weighted by Crippen LogP contribution is -2.38. The second-order valence-corrected chi connectivity index (χ2v) is 7.40. The van der Waals surface area contributed by atoms with E-state index in [0.717, 1.165) is 13.7 Å². The summed E-state index contributed by atoms with van der Waals surface area (Å²) in [6.45, 7) is 0.116. The third kappa shape index (κ3) is 5.28. The molecular formula is C18H21IN2O5. The van der Waals surface area contributed by atoms with Crippen LogP contribution in [0.25, 0.3) is 0 Å². The highest BCUT2D eigenvalue weighted by atomic mass is 127. The molecule has 2 atom stereocenters. The number of nitrogens with zero attached hydrogens (tertiary/aromatic N) is 2. The molecule has 2 rings (SSSR count). The molecule has 0 fully saturated rings. The van der Waals surface area contributed by atoms with Gasteiger partial charge in [0.25, 0.3) is 5.56 Å². The summed E-state index contributed by atoms with van der Waals surface area (Å²) in [7, 11) is 1.37. The molecule has 0 bridgehead atoms. The molecule has 8 heteroatoms. The summed E-state index contributed by atoms with van der Waals surface area (Å²) in [5, 5.41) is 19.7. The molecule has 7 nitrogen and oxygen atoms in total. The van der Waals surface area contributed by atoms with Crippen LogP contribution in [0.15, 0.2) is 46.1 Å². The fourth-order valence-corrected chi connectivity index (χ4v) is 3.07. The third-order valence-electron chi connectivity index (χ3n) is 4.36. The zero-order chi connectivity index (χ0) is 19.3. The Morgan fingerprint density at radius 1 is 1.15 bits per heavy atom. The number of benzene rings is 1. The number of hydrogen-bond acceptors (Lipinski definition) is 4. The highest BCUT2D eigenvalue weighted by Gasteiger charge is 2.26. The summed E-state index contributed by atoms with van der Waals surface area (Å²) in [4.78, 5) is 34.9. The molecule has 0 amide bonds. The number of aryl methyl sites for hydroxylation is 2. The number of carboxylic acids is 1. The number of aliphatic carboxylic acids is 1. The summed E-state index contributed by atoms with van der Waals surface area (Å²) in [5.74, 6) is -2.08. The van der Waals surface area contributed by atoms with E-state index in [-0.39, 0.29) is 13.0 Å². The molecule has 0 aliphatic rings. The van der Waals surface area contributed by atoms with Crippen molar-refractivity contribution in [3.05, 3.63) is 66.5 Å². The van der Waals surface area contributed by atoms with Crippen molar-refractivity contribution in [3.63, 3.8) is 0 Å². The summed E-state index contributed by atoms with van der Waals surface area (Å²) < 4.78 is 3.35. The number of aliphatic hydroxyl groups is 1. The van der Waals surface area contributed by atoms with E-state index in [2.05, 4.69) is 22.6 Å². The molecule has 0 aliphatic carbocycles. The van der Waals surface area contributed by atoms with Crippen molar-refractivity contribution in [2.45, 2.75) is 31.9 Å². The quantitative estimate of drug-likeness (QED) is 0.564. The number of aromatic nitrogens is 2. The van der Waals surface area contributed by atoms with Gasteiger partial charge in [-0.05, 0) is 59.5 Å². The van der Waals surface area contributed by atoms with Gasteiger partial charge in [-0.15, -0.1) is 0 Å². The van der Waals surface area contributed by atoms with Gasteiger partial charge in [0.2, 0.25) is 0 Å². The van der Waals surface area contributed by atoms with E-state index >= 15 is 0 Å². The van der Waals surface area contributed by atoms with Gasteiger partial charge in [-0.1, -0.05) is 12.1 Å². The van der Waals surface area contributed by atoms with Crippen LogP contribution < -0.4 is 11.2 Å². The summed E-state index contributed by atoms with van der Waals surface area (Å²) >= 11 is 2.20. The van der Waals surface area contributed by atoms with Crippen LogP contribution in [-0.4, -0.2) is 31.4 Å². The highest BCUT2D eigenvalue weighted by Crippen LogP contribution is 2.17. The zero-order valence-electron chi connectivity index (χ0n) is 14.3. The van der Waals surface area contributed by atoms with Crippen LogP contribution in [-0.2, 0) is 24.8 Å². The van der Waals surface area contributed by atoms with E-state index in [0.29, 0.717) is 12.8 Å². The van der Waals surface area contributed by atoms with E-state index in [1.807, 2.05) is 24.3 Å². The smallest absolute Gasteiger partial charge is 0.330 e. The van der Waals surface area contributed by atoms with E-state index in [4.69, 9.17) is 0 Å². The van der Waals surface area contributed by atoms with Crippen molar-refractivity contribution in [2.75, 3.05) is 0 Å². The van der Waals surface area contributed by atoms with Gasteiger partial charge < -0.3 is 14.8 Å². The topological polar surface area (TPSA) is 102 Å². The first kappa shape index (κ1) is 20.4. The van der Waals surface area contributed by atoms with Crippen LogP contribution in [0.5, 0.6) is 0 Å². The molecule has 0 radical (unpaired) electrons. The minimum Gasteiger partial charge on any atom is -0.481 e. The van der Waals surface area contributed by atoms with E-state index < -0.39 is 29.2 Å². The number of carboxylic acid groups (broad SMARTS) is 1. The first-order valence-electron chi connectivity index (χ1n) is 8.21. The van der Waals surface area contributed by atoms with Gasteiger partial charge >= 0.3 is 11.7 Å². The van der Waals surface area contributed by atoms with E-state index in [1.165, 1.54) is 23.9 Å². The summed E-state index contributed by atoms with van der Waals surface area (Å²) in [6.07, 6.45) is 1.32. The number of halogens is 1. The molecule has 0 aliphatic heterocycles. The van der Waals surface area contributed by atoms with Gasteiger partial charge in [-0.3, -0.25) is 14.2 Å². The third-order valence-corrected chi connectivity index (χ3v) is 5.08. The average Bonchev–Trinajstić information content (AvgIpc) is 2.61. The van der Waals surface area contributed by atoms with Gasteiger partial charge in [-0.2, -0.15) is 0 Å². The van der Waals surface area contributed by atoms with Gasteiger partial charge in [0, 0.05) is 29.4 Å². The molecule has 140 valence electrons. The standard InChI is InChI=1S/C18H21IN2O5/c1-20-16(23)9-11-21(18(20)26)10-8-14(17(24)25)15(22)7-4-12-2-5-13(19)6-3-12/h2-3,5-6,9,11,14-15,22H,4,7-8,10H2,1H3,(H,24,25). The van der Waals surface area contributed by atoms with E-state index in [1.54, 1.807) is 0 Å². The van der Waals surface area contributed by atoms with Crippen LogP contribution in [0.1, 0.15) is 18.4 Å². The number of aliphatic hydroxyl groups excluding tert-OH is 1. The Balaban J connectivity index is 2.00. The minimum absolute atomic E-state index is 0.0985. The Hall–Kier alpha value is -1.94. The second kappa shape index (κ2) is 9.13. The summed E-state index contributed by atoms with van der Waals surface area (Å²) in [6, 6.07) is 9.08. The molecule has 26 heavy (non-hydrogen) atoms. The van der Waals surface area contributed by atoms with Crippen molar-refractivity contribution in [1.82, 2.24) is 9.13 Å². The molecular weight excluding hydrogens is 451 g/mol. The molecule has 2 N–H and O–H groups in total. The zero-order valence-corrected chi connectivity index (χ0v) is 16.5. The highest BCUT2D eigenvalue weighted by molar-refractivity contribution is 14.1. The second-order valence-electron chi connectivity index (χ2n) is 6.15. The molecule has 0 saturated carbocycles. The number of rotatable bonds is 8. The lowest BCUT2D eigenvalue weighted by atomic mass is 9.93. The largest absolute Gasteiger partial charge is 0.481 e. The Morgan fingerprint density at radius 2 is 1.81 bits per heavy atom. The fourth-order valence-electron chi connectivity index (χ4n) is 2.71. The normalized spacial score (nSPS) is 13.3. The van der Waals surface area contributed by atoms with Gasteiger partial charge in [0.05, 0.1) is 12.0 Å². The van der Waals surface area contributed by atoms with Gasteiger partial charge in [-0.25, -0.2) is 4.79 Å². The predicted octanol–water partition coefficient (Wildman–Crippen LogP) is 1.24. The van der Waals surface area contributed by atoms with Crippen LogP contribution in [0.4, 0.5) is 0 Å². The van der Waals surface area contributed by atoms with Crippen LogP contribution >= 0.6 is 22.6 Å². The number of carbonyl (C=O) groups is 1. The fraction of sp³-hybridized carbons (Fsp3) is 0.389. The first-order valence-corrected chi connectivity index (χ1v) is 9.29. The maximum atomic E-state index is 12.0. The lowest BCUT2D eigenvalue weighted by molar-refractivity contribution is -0.146. The lowest BCUT2D eigenvalue weighted by Gasteiger charge is -2.19. The molecule has 1 aromatic heterocycles.